The van der Waals surface area contributed by atoms with Crippen molar-refractivity contribution in [1.82, 2.24) is 10.2 Å². The van der Waals surface area contributed by atoms with Crippen molar-refractivity contribution >= 4 is 17.4 Å². The Hall–Kier alpha value is -0.830. The molecule has 3 nitrogen and oxygen atoms in total. The summed E-state index contributed by atoms with van der Waals surface area (Å²) in [4.78, 5) is 11.1. The van der Waals surface area contributed by atoms with Crippen molar-refractivity contribution in [3.63, 3.8) is 0 Å². The van der Waals surface area contributed by atoms with Gasteiger partial charge in [0.2, 0.25) is 0 Å². The van der Waals surface area contributed by atoms with E-state index in [4.69, 9.17) is 11.6 Å². The monoisotopic (exact) mass is 186 g/mol. The Morgan fingerprint density at radius 1 is 1.58 bits per heavy atom. The van der Waals surface area contributed by atoms with E-state index in [9.17, 15) is 4.79 Å². The quantitative estimate of drug-likeness (QED) is 0.721. The predicted molar refractivity (Wildman–Crippen MR) is 47.7 cm³/mol. The van der Waals surface area contributed by atoms with Crippen LogP contribution in [0.5, 0.6) is 0 Å². The van der Waals surface area contributed by atoms with E-state index < -0.39 is 0 Å². The molecule has 0 saturated heterocycles. The van der Waals surface area contributed by atoms with Gasteiger partial charge in [0.25, 0.3) is 0 Å². The summed E-state index contributed by atoms with van der Waals surface area (Å²) in [6.07, 6.45) is 0. The zero-order chi connectivity index (χ0) is 9.30. The van der Waals surface area contributed by atoms with Crippen LogP contribution >= 0.6 is 11.6 Å². The largest absolute Gasteiger partial charge is 0.294 e. The first-order valence-corrected chi connectivity index (χ1v) is 4.16. The van der Waals surface area contributed by atoms with Crippen LogP contribution in [0.15, 0.2) is 0 Å². The average Bonchev–Trinajstić information content (AvgIpc) is 2.30. The molecule has 1 N–H and O–H groups in total. The summed E-state index contributed by atoms with van der Waals surface area (Å²) in [7, 11) is 0. The number of aromatic amines is 1. The number of hydrogen-bond acceptors (Lipinski definition) is 2. The molecule has 1 aromatic heterocycles. The Bertz CT molecular complexity index is 304. The number of carbonyl (C=O) groups excluding carboxylic acids is 1. The highest BCUT2D eigenvalue weighted by molar-refractivity contribution is 6.32. The third-order valence-electron chi connectivity index (χ3n) is 1.68. The van der Waals surface area contributed by atoms with E-state index in [0.29, 0.717) is 5.56 Å². The molecule has 0 saturated carbocycles. The number of halogens is 1. The van der Waals surface area contributed by atoms with E-state index in [1.165, 1.54) is 6.92 Å². The summed E-state index contributed by atoms with van der Waals surface area (Å²) in [5.74, 6) is 0.196. The van der Waals surface area contributed by atoms with E-state index in [-0.39, 0.29) is 16.9 Å². The lowest BCUT2D eigenvalue weighted by molar-refractivity contribution is 0.101. The van der Waals surface area contributed by atoms with Gasteiger partial charge in [-0.25, -0.2) is 0 Å². The second-order valence-corrected chi connectivity index (χ2v) is 3.37. The molecule has 0 spiro atoms. The van der Waals surface area contributed by atoms with Crippen LogP contribution in [-0.4, -0.2) is 16.0 Å². The summed E-state index contributed by atoms with van der Waals surface area (Å²) < 4.78 is 0. The summed E-state index contributed by atoms with van der Waals surface area (Å²) in [5.41, 5.74) is 1.33. The molecule has 0 unspecified atom stereocenters. The molecular formula is C8H11ClN2O. The number of nitrogens with one attached hydrogen (secondary N) is 1. The van der Waals surface area contributed by atoms with Crippen LogP contribution < -0.4 is 0 Å². The van der Waals surface area contributed by atoms with Gasteiger partial charge in [-0.15, -0.1) is 0 Å². The standard InChI is InChI=1S/C8H11ClN2O/c1-4(2)7-6(5(3)12)8(9)11-10-7/h4H,1-3H3,(H,10,11). The molecule has 0 aliphatic heterocycles. The summed E-state index contributed by atoms with van der Waals surface area (Å²) >= 11 is 5.72. The number of carbonyl (C=O) groups is 1. The molecule has 0 radical (unpaired) electrons. The van der Waals surface area contributed by atoms with Crippen LogP contribution in [0.4, 0.5) is 0 Å². The number of rotatable bonds is 2. The highest BCUT2D eigenvalue weighted by atomic mass is 35.5. The van der Waals surface area contributed by atoms with E-state index in [2.05, 4.69) is 10.2 Å². The Balaban J connectivity index is 3.21. The maximum atomic E-state index is 11.1. The molecule has 0 bridgehead atoms. The highest BCUT2D eigenvalue weighted by Crippen LogP contribution is 2.23. The van der Waals surface area contributed by atoms with E-state index in [1.54, 1.807) is 0 Å². The van der Waals surface area contributed by atoms with E-state index >= 15 is 0 Å². The van der Waals surface area contributed by atoms with Crippen LogP contribution in [0, 0.1) is 0 Å². The number of nitrogens with zero attached hydrogens (tertiary/aromatic N) is 1. The number of H-pyrrole nitrogens is 1. The lowest BCUT2D eigenvalue weighted by atomic mass is 10.0. The zero-order valence-electron chi connectivity index (χ0n) is 7.31. The molecule has 0 aromatic carbocycles. The number of aromatic nitrogens is 2. The van der Waals surface area contributed by atoms with Gasteiger partial charge in [-0.05, 0) is 12.8 Å². The SMILES string of the molecule is CC(=O)c1c(Cl)n[nH]c1C(C)C. The average molecular weight is 187 g/mol. The molecule has 1 heterocycles. The van der Waals surface area contributed by atoms with Gasteiger partial charge < -0.3 is 0 Å². The molecule has 0 amide bonds. The molecule has 12 heavy (non-hydrogen) atoms. The maximum Gasteiger partial charge on any atom is 0.164 e. The van der Waals surface area contributed by atoms with Crippen molar-refractivity contribution in [1.29, 1.82) is 0 Å². The molecular weight excluding hydrogens is 176 g/mol. The summed E-state index contributed by atoms with van der Waals surface area (Å²) in [5, 5.41) is 6.80. The molecule has 0 atom stereocenters. The second-order valence-electron chi connectivity index (χ2n) is 3.01. The number of hydrogen-bond donors (Lipinski definition) is 1. The Labute approximate surface area is 76.1 Å². The number of ketones is 1. The van der Waals surface area contributed by atoms with Crippen molar-refractivity contribution in [2.24, 2.45) is 0 Å². The third-order valence-corrected chi connectivity index (χ3v) is 1.95. The molecule has 1 aromatic rings. The fourth-order valence-corrected chi connectivity index (χ4v) is 1.36. The van der Waals surface area contributed by atoms with Crippen LogP contribution in [0.3, 0.4) is 0 Å². The van der Waals surface area contributed by atoms with Gasteiger partial charge in [0.15, 0.2) is 10.9 Å². The normalized spacial score (nSPS) is 10.8. The van der Waals surface area contributed by atoms with Gasteiger partial charge in [0.05, 0.1) is 11.3 Å². The molecule has 0 aliphatic carbocycles. The minimum atomic E-state index is -0.0440. The van der Waals surface area contributed by atoms with Gasteiger partial charge in [-0.3, -0.25) is 9.89 Å². The fraction of sp³-hybridized carbons (Fsp3) is 0.500. The second kappa shape index (κ2) is 3.27. The molecule has 0 aliphatic rings. The highest BCUT2D eigenvalue weighted by Gasteiger charge is 2.17. The molecule has 66 valence electrons. The Kier molecular flexibility index (Phi) is 2.52. The van der Waals surface area contributed by atoms with Crippen LogP contribution in [0.1, 0.15) is 42.7 Å². The lowest BCUT2D eigenvalue weighted by Crippen LogP contribution is -1.99. The van der Waals surface area contributed by atoms with Gasteiger partial charge >= 0.3 is 0 Å². The molecule has 0 fully saturated rings. The van der Waals surface area contributed by atoms with Crippen LogP contribution in [-0.2, 0) is 0 Å². The van der Waals surface area contributed by atoms with Crippen molar-refractivity contribution in [3.05, 3.63) is 16.4 Å². The topological polar surface area (TPSA) is 45.8 Å². The van der Waals surface area contributed by atoms with Crippen LogP contribution in [0.2, 0.25) is 5.15 Å². The van der Waals surface area contributed by atoms with Crippen molar-refractivity contribution in [2.45, 2.75) is 26.7 Å². The van der Waals surface area contributed by atoms with Gasteiger partial charge in [-0.2, -0.15) is 5.10 Å². The zero-order valence-corrected chi connectivity index (χ0v) is 8.07. The van der Waals surface area contributed by atoms with Gasteiger partial charge in [-0.1, -0.05) is 25.4 Å². The summed E-state index contributed by atoms with van der Waals surface area (Å²) in [6, 6.07) is 0. The van der Waals surface area contributed by atoms with E-state index in [1.807, 2.05) is 13.8 Å². The summed E-state index contributed by atoms with van der Waals surface area (Å²) in [6.45, 7) is 5.45. The smallest absolute Gasteiger partial charge is 0.164 e. The Morgan fingerprint density at radius 3 is 2.50 bits per heavy atom. The molecule has 1 rings (SSSR count). The Morgan fingerprint density at radius 2 is 2.17 bits per heavy atom. The van der Waals surface area contributed by atoms with Gasteiger partial charge in [0, 0.05) is 0 Å². The minimum absolute atomic E-state index is 0.0440. The minimum Gasteiger partial charge on any atom is -0.294 e. The first kappa shape index (κ1) is 9.26. The van der Waals surface area contributed by atoms with Crippen molar-refractivity contribution in [2.75, 3.05) is 0 Å². The van der Waals surface area contributed by atoms with Crippen LogP contribution in [0.25, 0.3) is 0 Å². The third kappa shape index (κ3) is 1.50. The van der Waals surface area contributed by atoms with E-state index in [0.717, 1.165) is 5.69 Å². The first-order valence-electron chi connectivity index (χ1n) is 3.78. The predicted octanol–water partition coefficient (Wildman–Crippen LogP) is 2.39. The molecule has 4 heteroatoms. The number of Topliss-reactive ketones (excluding diaryl/α,β-unsaturated/α-hetero) is 1. The van der Waals surface area contributed by atoms with Crippen molar-refractivity contribution < 1.29 is 4.79 Å². The lowest BCUT2D eigenvalue weighted by Gasteiger charge is -2.02. The van der Waals surface area contributed by atoms with Crippen molar-refractivity contribution in [3.8, 4) is 0 Å². The fourth-order valence-electron chi connectivity index (χ4n) is 1.08. The maximum absolute atomic E-state index is 11.1. The first-order chi connectivity index (χ1) is 5.54. The van der Waals surface area contributed by atoms with Gasteiger partial charge in [0.1, 0.15) is 0 Å².